The molecule has 1 aromatic carbocycles. The van der Waals surface area contributed by atoms with Crippen LogP contribution in [0.3, 0.4) is 0 Å². The van der Waals surface area contributed by atoms with Gasteiger partial charge in [0.2, 0.25) is 0 Å². The SMILES string of the molecule is CCCCCCCC/C=C(\C=O)c1ccccc1. The molecule has 0 bridgehead atoms. The summed E-state index contributed by atoms with van der Waals surface area (Å²) in [6.07, 6.45) is 11.8. The van der Waals surface area contributed by atoms with Gasteiger partial charge in [0, 0.05) is 5.57 Å². The van der Waals surface area contributed by atoms with Crippen molar-refractivity contribution >= 4 is 11.9 Å². The summed E-state index contributed by atoms with van der Waals surface area (Å²) >= 11 is 0. The highest BCUT2D eigenvalue weighted by Gasteiger charge is 1.98. The number of aldehydes is 1. The van der Waals surface area contributed by atoms with Gasteiger partial charge in [0.05, 0.1) is 0 Å². The van der Waals surface area contributed by atoms with Crippen LogP contribution in [0, 0.1) is 0 Å². The molecule has 0 N–H and O–H groups in total. The molecule has 98 valence electrons. The summed E-state index contributed by atoms with van der Waals surface area (Å²) in [5.41, 5.74) is 1.85. The highest BCUT2D eigenvalue weighted by molar-refractivity contribution is 6.06. The third kappa shape index (κ3) is 5.81. The number of benzene rings is 1. The van der Waals surface area contributed by atoms with Gasteiger partial charge in [-0.25, -0.2) is 0 Å². The summed E-state index contributed by atoms with van der Waals surface area (Å²) in [6.45, 7) is 2.24. The maximum absolute atomic E-state index is 11.0. The Bertz CT molecular complexity index is 351. The van der Waals surface area contributed by atoms with Crippen molar-refractivity contribution in [3.05, 3.63) is 42.0 Å². The Labute approximate surface area is 111 Å². The van der Waals surface area contributed by atoms with E-state index < -0.39 is 0 Å². The largest absolute Gasteiger partial charge is 0.298 e. The predicted molar refractivity (Wildman–Crippen MR) is 78.5 cm³/mol. The van der Waals surface area contributed by atoms with E-state index in [4.69, 9.17) is 0 Å². The molecule has 0 heterocycles. The molecule has 0 saturated carbocycles. The summed E-state index contributed by atoms with van der Waals surface area (Å²) in [7, 11) is 0. The standard InChI is InChI=1S/C17H24O/c1-2-3-4-5-6-7-9-14-17(15-18)16-12-10-8-11-13-16/h8,10-15H,2-7,9H2,1H3/b17-14+. The van der Waals surface area contributed by atoms with Crippen molar-refractivity contribution in [2.24, 2.45) is 0 Å². The normalized spacial score (nSPS) is 11.5. The molecule has 1 rings (SSSR count). The number of hydrogen-bond acceptors (Lipinski definition) is 1. The second-order valence-corrected chi connectivity index (χ2v) is 4.70. The lowest BCUT2D eigenvalue weighted by molar-refractivity contribution is -0.103. The van der Waals surface area contributed by atoms with Gasteiger partial charge in [-0.1, -0.05) is 75.4 Å². The maximum Gasteiger partial charge on any atom is 0.150 e. The van der Waals surface area contributed by atoms with E-state index in [9.17, 15) is 4.79 Å². The fraction of sp³-hybridized carbons (Fsp3) is 0.471. The molecule has 0 atom stereocenters. The first-order valence-electron chi connectivity index (χ1n) is 7.09. The van der Waals surface area contributed by atoms with Gasteiger partial charge >= 0.3 is 0 Å². The van der Waals surface area contributed by atoms with Crippen LogP contribution in [0.15, 0.2) is 36.4 Å². The molecule has 0 unspecified atom stereocenters. The van der Waals surface area contributed by atoms with Gasteiger partial charge in [0.1, 0.15) is 6.29 Å². The number of carbonyl (C=O) groups is 1. The fourth-order valence-electron chi connectivity index (χ4n) is 2.05. The second-order valence-electron chi connectivity index (χ2n) is 4.70. The van der Waals surface area contributed by atoms with Crippen LogP contribution in [0.5, 0.6) is 0 Å². The predicted octanol–water partition coefficient (Wildman–Crippen LogP) is 5.02. The van der Waals surface area contributed by atoms with E-state index in [0.29, 0.717) is 0 Å². The molecule has 0 spiro atoms. The zero-order valence-corrected chi connectivity index (χ0v) is 11.4. The summed E-state index contributed by atoms with van der Waals surface area (Å²) < 4.78 is 0. The van der Waals surface area contributed by atoms with Gasteiger partial charge < -0.3 is 0 Å². The molecule has 0 saturated heterocycles. The van der Waals surface area contributed by atoms with Crippen LogP contribution in [0.25, 0.3) is 5.57 Å². The molecule has 1 heteroatoms. The Morgan fingerprint density at radius 2 is 1.67 bits per heavy atom. The maximum atomic E-state index is 11.0. The third-order valence-electron chi connectivity index (χ3n) is 3.16. The summed E-state index contributed by atoms with van der Waals surface area (Å²) in [6, 6.07) is 9.89. The molecular weight excluding hydrogens is 220 g/mol. The lowest BCUT2D eigenvalue weighted by Gasteiger charge is -2.01. The van der Waals surface area contributed by atoms with Gasteiger partial charge in [-0.05, 0) is 18.4 Å². The van der Waals surface area contributed by atoms with Crippen molar-refractivity contribution < 1.29 is 4.79 Å². The van der Waals surface area contributed by atoms with E-state index in [1.54, 1.807) is 0 Å². The van der Waals surface area contributed by atoms with Crippen molar-refractivity contribution in [1.82, 2.24) is 0 Å². The van der Waals surface area contributed by atoms with Gasteiger partial charge in [-0.15, -0.1) is 0 Å². The van der Waals surface area contributed by atoms with Crippen LogP contribution < -0.4 is 0 Å². The van der Waals surface area contributed by atoms with Crippen LogP contribution in [-0.4, -0.2) is 6.29 Å². The Morgan fingerprint density at radius 1 is 1.00 bits per heavy atom. The van der Waals surface area contributed by atoms with E-state index in [-0.39, 0.29) is 0 Å². The molecule has 1 nitrogen and oxygen atoms in total. The van der Waals surface area contributed by atoms with Crippen molar-refractivity contribution in [2.75, 3.05) is 0 Å². The van der Waals surface area contributed by atoms with Crippen molar-refractivity contribution in [2.45, 2.75) is 51.9 Å². The Balaban J connectivity index is 2.29. The number of allylic oxidation sites excluding steroid dienone is 2. The Kier molecular flexibility index (Phi) is 7.87. The zero-order valence-electron chi connectivity index (χ0n) is 11.4. The van der Waals surface area contributed by atoms with E-state index in [1.165, 1.54) is 38.5 Å². The molecule has 0 aliphatic heterocycles. The summed E-state index contributed by atoms with van der Waals surface area (Å²) in [5, 5.41) is 0. The van der Waals surface area contributed by atoms with Gasteiger partial charge in [0.15, 0.2) is 0 Å². The van der Waals surface area contributed by atoms with Gasteiger partial charge in [-0.2, -0.15) is 0 Å². The molecule has 0 aliphatic rings. The van der Waals surface area contributed by atoms with Gasteiger partial charge in [0.25, 0.3) is 0 Å². The first-order chi connectivity index (χ1) is 8.88. The van der Waals surface area contributed by atoms with E-state index in [1.807, 2.05) is 30.3 Å². The monoisotopic (exact) mass is 244 g/mol. The van der Waals surface area contributed by atoms with Crippen LogP contribution in [0.2, 0.25) is 0 Å². The Hall–Kier alpha value is -1.37. The second kappa shape index (κ2) is 9.64. The van der Waals surface area contributed by atoms with Crippen LogP contribution in [0.4, 0.5) is 0 Å². The summed E-state index contributed by atoms with van der Waals surface area (Å²) in [5.74, 6) is 0. The first kappa shape index (κ1) is 14.7. The first-order valence-corrected chi connectivity index (χ1v) is 7.09. The van der Waals surface area contributed by atoms with Crippen LogP contribution >= 0.6 is 0 Å². The fourth-order valence-corrected chi connectivity index (χ4v) is 2.05. The number of carbonyl (C=O) groups excluding carboxylic acids is 1. The highest BCUT2D eigenvalue weighted by Crippen LogP contribution is 2.14. The Morgan fingerprint density at radius 3 is 2.33 bits per heavy atom. The lowest BCUT2D eigenvalue weighted by atomic mass is 10.0. The van der Waals surface area contributed by atoms with Crippen molar-refractivity contribution in [3.63, 3.8) is 0 Å². The van der Waals surface area contributed by atoms with Crippen molar-refractivity contribution in [3.8, 4) is 0 Å². The third-order valence-corrected chi connectivity index (χ3v) is 3.16. The zero-order chi connectivity index (χ0) is 13.1. The molecule has 0 radical (unpaired) electrons. The number of hydrogen-bond donors (Lipinski definition) is 0. The van der Waals surface area contributed by atoms with Crippen molar-refractivity contribution in [1.29, 1.82) is 0 Å². The average Bonchev–Trinajstić information content (AvgIpc) is 2.43. The lowest BCUT2D eigenvalue weighted by Crippen LogP contribution is -1.85. The molecule has 0 aromatic heterocycles. The van der Waals surface area contributed by atoms with E-state index >= 15 is 0 Å². The molecule has 0 fully saturated rings. The molecule has 0 aliphatic carbocycles. The number of rotatable bonds is 9. The quantitative estimate of drug-likeness (QED) is 0.338. The average molecular weight is 244 g/mol. The van der Waals surface area contributed by atoms with E-state index in [0.717, 1.165) is 23.8 Å². The molecule has 0 amide bonds. The molecular formula is C17H24O. The van der Waals surface area contributed by atoms with Crippen LogP contribution in [0.1, 0.15) is 57.4 Å². The van der Waals surface area contributed by atoms with E-state index in [2.05, 4.69) is 13.0 Å². The minimum absolute atomic E-state index is 0.823. The minimum atomic E-state index is 0.823. The smallest absolute Gasteiger partial charge is 0.150 e. The highest BCUT2D eigenvalue weighted by atomic mass is 16.1. The number of unbranched alkanes of at least 4 members (excludes halogenated alkanes) is 6. The minimum Gasteiger partial charge on any atom is -0.298 e. The molecule has 18 heavy (non-hydrogen) atoms. The summed E-state index contributed by atoms with van der Waals surface area (Å²) in [4.78, 5) is 11.0. The van der Waals surface area contributed by atoms with Crippen LogP contribution in [-0.2, 0) is 4.79 Å². The van der Waals surface area contributed by atoms with Gasteiger partial charge in [-0.3, -0.25) is 4.79 Å². The molecule has 1 aromatic rings. The topological polar surface area (TPSA) is 17.1 Å².